The Balaban J connectivity index is 1.94. The molecule has 192 valence electrons. The third-order valence-electron chi connectivity index (χ3n) is 6.04. The van der Waals surface area contributed by atoms with E-state index < -0.39 is 10.7 Å². The average molecular weight is 528 g/mol. The second-order valence-corrected chi connectivity index (χ2v) is 12.0. The molecule has 2 aromatic carbocycles. The highest BCUT2D eigenvalue weighted by Gasteiger charge is 2.28. The van der Waals surface area contributed by atoms with Crippen molar-refractivity contribution in [2.24, 2.45) is 5.92 Å². The highest BCUT2D eigenvalue weighted by Crippen LogP contribution is 2.34. The van der Waals surface area contributed by atoms with Gasteiger partial charge in [-0.2, -0.15) is 0 Å². The second-order valence-electron chi connectivity index (χ2n) is 9.91. The summed E-state index contributed by atoms with van der Waals surface area (Å²) in [6.45, 7) is 12.3. The van der Waals surface area contributed by atoms with Crippen LogP contribution in [0.15, 0.2) is 47.4 Å². The molecule has 0 saturated heterocycles. The lowest BCUT2D eigenvalue weighted by Crippen LogP contribution is -2.26. The van der Waals surface area contributed by atoms with Gasteiger partial charge < -0.3 is 15.0 Å². The maximum atomic E-state index is 13.2. The Kier molecular flexibility index (Phi) is 8.90. The Hall–Kier alpha value is -2.77. The van der Waals surface area contributed by atoms with Crippen molar-refractivity contribution >= 4 is 40.9 Å². The SMILES string of the molecule is Cc1cc(Cl)ccc1NC(=O)c1nc(-c2ccc(SC(C)(C)C(=O)O)cc2)n(CCCC(C)C)c1C. The summed E-state index contributed by atoms with van der Waals surface area (Å²) in [4.78, 5) is 30.4. The normalized spacial score (nSPS) is 11.7. The van der Waals surface area contributed by atoms with Gasteiger partial charge in [0.2, 0.25) is 0 Å². The molecule has 2 N–H and O–H groups in total. The Morgan fingerprint density at radius 2 is 1.81 bits per heavy atom. The van der Waals surface area contributed by atoms with Gasteiger partial charge in [-0.3, -0.25) is 9.59 Å². The third-order valence-corrected chi connectivity index (χ3v) is 7.46. The van der Waals surface area contributed by atoms with Crippen molar-refractivity contribution in [2.45, 2.75) is 70.6 Å². The number of amides is 1. The molecule has 1 heterocycles. The molecule has 0 aliphatic carbocycles. The molecule has 0 atom stereocenters. The van der Waals surface area contributed by atoms with Crippen molar-refractivity contribution in [3.05, 3.63) is 64.4 Å². The first-order valence-electron chi connectivity index (χ1n) is 12.1. The number of aromatic nitrogens is 2. The molecule has 0 spiro atoms. The fraction of sp³-hybridized carbons (Fsp3) is 0.393. The van der Waals surface area contributed by atoms with Crippen LogP contribution < -0.4 is 5.32 Å². The quantitative estimate of drug-likeness (QED) is 0.267. The zero-order chi connectivity index (χ0) is 26.6. The van der Waals surface area contributed by atoms with Gasteiger partial charge in [0.1, 0.15) is 16.3 Å². The first kappa shape index (κ1) is 27.8. The number of hydrogen-bond donors (Lipinski definition) is 2. The maximum Gasteiger partial charge on any atom is 0.319 e. The molecule has 6 nitrogen and oxygen atoms in total. The van der Waals surface area contributed by atoms with Gasteiger partial charge in [0, 0.05) is 33.4 Å². The smallest absolute Gasteiger partial charge is 0.319 e. The number of halogens is 1. The lowest BCUT2D eigenvalue weighted by molar-refractivity contribution is -0.138. The summed E-state index contributed by atoms with van der Waals surface area (Å²) in [5.74, 6) is 0.182. The van der Waals surface area contributed by atoms with Crippen LogP contribution in [0, 0.1) is 19.8 Å². The fourth-order valence-electron chi connectivity index (χ4n) is 3.86. The number of nitrogens with zero attached hydrogens (tertiary/aromatic N) is 2. The Morgan fingerprint density at radius 3 is 2.39 bits per heavy atom. The van der Waals surface area contributed by atoms with Crippen molar-refractivity contribution in [3.8, 4) is 11.4 Å². The molecule has 0 unspecified atom stereocenters. The van der Waals surface area contributed by atoms with Crippen molar-refractivity contribution in [3.63, 3.8) is 0 Å². The number of aryl methyl sites for hydroxylation is 1. The Labute approximate surface area is 222 Å². The van der Waals surface area contributed by atoms with Crippen LogP contribution in [0.5, 0.6) is 0 Å². The molecule has 3 rings (SSSR count). The lowest BCUT2D eigenvalue weighted by Gasteiger charge is -2.18. The van der Waals surface area contributed by atoms with Crippen LogP contribution in [0.4, 0.5) is 5.69 Å². The minimum absolute atomic E-state index is 0.267. The maximum absolute atomic E-state index is 13.2. The number of hydrogen-bond acceptors (Lipinski definition) is 4. The Morgan fingerprint density at radius 1 is 1.14 bits per heavy atom. The van der Waals surface area contributed by atoms with Crippen LogP contribution in [-0.4, -0.2) is 31.3 Å². The van der Waals surface area contributed by atoms with Gasteiger partial charge in [-0.1, -0.05) is 37.6 Å². The van der Waals surface area contributed by atoms with Gasteiger partial charge in [0.05, 0.1) is 0 Å². The number of aliphatic carboxylic acids is 1. The highest BCUT2D eigenvalue weighted by atomic mass is 35.5. The standard InChI is InChI=1S/C28H34ClN3O3S/c1-17(2)8-7-15-32-19(4)24(26(33)30-23-14-11-21(29)16-18(23)3)31-25(32)20-9-12-22(13-10-20)36-28(5,6)27(34)35/h9-14,16-17H,7-8,15H2,1-6H3,(H,30,33)(H,34,35). The molecule has 8 heteroatoms. The van der Waals surface area contributed by atoms with Gasteiger partial charge in [-0.25, -0.2) is 4.98 Å². The van der Waals surface area contributed by atoms with Gasteiger partial charge in [-0.15, -0.1) is 11.8 Å². The van der Waals surface area contributed by atoms with E-state index >= 15 is 0 Å². The van der Waals surface area contributed by atoms with Gasteiger partial charge in [-0.05, 0) is 82.3 Å². The van der Waals surface area contributed by atoms with E-state index in [2.05, 4.69) is 23.7 Å². The molecule has 0 saturated carbocycles. The number of nitrogens with one attached hydrogen (secondary N) is 1. The number of carbonyl (C=O) groups excluding carboxylic acids is 1. The molecule has 36 heavy (non-hydrogen) atoms. The van der Waals surface area contributed by atoms with E-state index in [-0.39, 0.29) is 5.91 Å². The number of imidazole rings is 1. The van der Waals surface area contributed by atoms with Crippen LogP contribution in [-0.2, 0) is 11.3 Å². The van der Waals surface area contributed by atoms with Crippen LogP contribution in [0.2, 0.25) is 5.02 Å². The number of carboxylic acids is 1. The summed E-state index contributed by atoms with van der Waals surface area (Å²) < 4.78 is 1.17. The second kappa shape index (κ2) is 11.5. The lowest BCUT2D eigenvalue weighted by atomic mass is 10.1. The molecular formula is C28H34ClN3O3S. The minimum Gasteiger partial charge on any atom is -0.480 e. The average Bonchev–Trinajstić information content (AvgIpc) is 3.12. The monoisotopic (exact) mass is 527 g/mol. The summed E-state index contributed by atoms with van der Waals surface area (Å²) in [5, 5.41) is 13.0. The molecule has 0 bridgehead atoms. The van der Waals surface area contributed by atoms with Crippen molar-refractivity contribution in [2.75, 3.05) is 5.32 Å². The Bertz CT molecular complexity index is 1250. The minimum atomic E-state index is -0.932. The van der Waals surface area contributed by atoms with Crippen molar-refractivity contribution in [1.82, 2.24) is 9.55 Å². The number of benzene rings is 2. The number of rotatable bonds is 10. The van der Waals surface area contributed by atoms with Crippen LogP contribution >= 0.6 is 23.4 Å². The van der Waals surface area contributed by atoms with Gasteiger partial charge in [0.25, 0.3) is 5.91 Å². The summed E-state index contributed by atoms with van der Waals surface area (Å²) in [6, 6.07) is 13.0. The summed E-state index contributed by atoms with van der Waals surface area (Å²) >= 11 is 7.36. The van der Waals surface area contributed by atoms with E-state index in [9.17, 15) is 14.7 Å². The fourth-order valence-corrected chi connectivity index (χ4v) is 5.04. The largest absolute Gasteiger partial charge is 0.480 e. The number of thioether (sulfide) groups is 1. The first-order chi connectivity index (χ1) is 16.9. The van der Waals surface area contributed by atoms with E-state index in [1.54, 1.807) is 26.0 Å². The van der Waals surface area contributed by atoms with Crippen LogP contribution in [0.1, 0.15) is 62.3 Å². The number of carbonyl (C=O) groups is 2. The molecule has 1 aromatic heterocycles. The topological polar surface area (TPSA) is 84.2 Å². The van der Waals surface area contributed by atoms with Crippen LogP contribution in [0.3, 0.4) is 0 Å². The van der Waals surface area contributed by atoms with Gasteiger partial charge in [0.15, 0.2) is 0 Å². The molecule has 3 aromatic rings. The van der Waals surface area contributed by atoms with Crippen molar-refractivity contribution < 1.29 is 14.7 Å². The molecular weight excluding hydrogens is 494 g/mol. The van der Waals surface area contributed by atoms with E-state index in [0.717, 1.165) is 46.9 Å². The van der Waals surface area contributed by atoms with E-state index in [1.807, 2.05) is 44.2 Å². The predicted molar refractivity (Wildman–Crippen MR) is 148 cm³/mol. The molecule has 0 aliphatic heterocycles. The number of anilines is 1. The van der Waals surface area contributed by atoms with Crippen LogP contribution in [0.25, 0.3) is 11.4 Å². The highest BCUT2D eigenvalue weighted by molar-refractivity contribution is 8.01. The van der Waals surface area contributed by atoms with E-state index in [1.165, 1.54) is 11.8 Å². The first-order valence-corrected chi connectivity index (χ1v) is 13.3. The summed E-state index contributed by atoms with van der Waals surface area (Å²) in [6.07, 6.45) is 2.04. The third kappa shape index (κ3) is 6.71. The zero-order valence-electron chi connectivity index (χ0n) is 21.7. The predicted octanol–water partition coefficient (Wildman–Crippen LogP) is 7.46. The number of carboxylic acid groups (broad SMARTS) is 1. The zero-order valence-corrected chi connectivity index (χ0v) is 23.3. The molecule has 1 amide bonds. The summed E-state index contributed by atoms with van der Waals surface area (Å²) in [7, 11) is 0. The van der Waals surface area contributed by atoms with E-state index in [0.29, 0.717) is 22.3 Å². The van der Waals surface area contributed by atoms with Gasteiger partial charge >= 0.3 is 5.97 Å². The van der Waals surface area contributed by atoms with Crippen molar-refractivity contribution in [1.29, 1.82) is 0 Å². The molecule has 0 fully saturated rings. The van der Waals surface area contributed by atoms with E-state index in [4.69, 9.17) is 16.6 Å². The molecule has 0 aliphatic rings. The summed E-state index contributed by atoms with van der Waals surface area (Å²) in [5.41, 5.74) is 3.64. The molecule has 0 radical (unpaired) electrons.